The Balaban J connectivity index is 2.13. The third-order valence-electron chi connectivity index (χ3n) is 3.71. The van der Waals surface area contributed by atoms with Gasteiger partial charge in [-0.15, -0.1) is 0 Å². The molecule has 0 bridgehead atoms. The van der Waals surface area contributed by atoms with Crippen molar-refractivity contribution in [2.45, 2.75) is 20.4 Å². The third-order valence-corrected chi connectivity index (χ3v) is 3.95. The monoisotopic (exact) mass is 289 g/mol. The average molecular weight is 290 g/mol. The largest absolute Gasteiger partial charge is 0.369 e. The molecule has 3 aromatic rings. The van der Waals surface area contributed by atoms with E-state index in [4.69, 9.17) is 17.3 Å². The van der Waals surface area contributed by atoms with Crippen molar-refractivity contribution in [2.75, 3.05) is 5.73 Å². The van der Waals surface area contributed by atoms with Crippen molar-refractivity contribution < 1.29 is 0 Å². The van der Waals surface area contributed by atoms with Crippen LogP contribution in [0.25, 0.3) is 11.0 Å². The lowest BCUT2D eigenvalue weighted by molar-refractivity contribution is 0.728. The highest BCUT2D eigenvalue weighted by molar-refractivity contribution is 6.31. The summed E-state index contributed by atoms with van der Waals surface area (Å²) in [6.07, 6.45) is 0. The molecule has 0 saturated heterocycles. The highest BCUT2D eigenvalue weighted by Gasteiger charge is 2.14. The van der Waals surface area contributed by atoms with Crippen LogP contribution in [-0.4, -0.2) is 19.3 Å². The van der Waals surface area contributed by atoms with Crippen molar-refractivity contribution in [2.24, 2.45) is 7.05 Å². The lowest BCUT2D eigenvalue weighted by Crippen LogP contribution is -2.06. The van der Waals surface area contributed by atoms with E-state index < -0.39 is 0 Å². The van der Waals surface area contributed by atoms with E-state index in [0.29, 0.717) is 17.5 Å². The van der Waals surface area contributed by atoms with Crippen LogP contribution in [0.1, 0.15) is 17.0 Å². The van der Waals surface area contributed by atoms with E-state index in [9.17, 15) is 0 Å². The maximum Gasteiger partial charge on any atom is 0.201 e. The van der Waals surface area contributed by atoms with E-state index in [1.807, 2.05) is 41.4 Å². The Morgan fingerprint density at radius 3 is 2.70 bits per heavy atom. The maximum absolute atomic E-state index is 6.04. The molecule has 0 amide bonds. The van der Waals surface area contributed by atoms with E-state index in [2.05, 4.69) is 17.0 Å². The number of nitrogens with two attached hydrogens (primary N) is 1. The number of benzene rings is 1. The molecular formula is C14H16ClN5. The van der Waals surface area contributed by atoms with Crippen molar-refractivity contribution in [3.05, 3.63) is 40.2 Å². The number of anilines is 1. The van der Waals surface area contributed by atoms with Gasteiger partial charge < -0.3 is 10.3 Å². The summed E-state index contributed by atoms with van der Waals surface area (Å²) in [4.78, 5) is 4.37. The Hall–Kier alpha value is -2.01. The van der Waals surface area contributed by atoms with Gasteiger partial charge in [-0.3, -0.25) is 4.68 Å². The first-order valence-electron chi connectivity index (χ1n) is 6.37. The van der Waals surface area contributed by atoms with E-state index in [-0.39, 0.29) is 0 Å². The summed E-state index contributed by atoms with van der Waals surface area (Å²) in [5.41, 5.74) is 11.2. The van der Waals surface area contributed by atoms with Crippen LogP contribution in [0.2, 0.25) is 5.02 Å². The molecular weight excluding hydrogens is 274 g/mol. The number of fused-ring (bicyclic) bond motifs is 1. The SMILES string of the molecule is Cc1nn(C)c(C)c1Cn1c(N)nc2cc(Cl)ccc21. The van der Waals surface area contributed by atoms with Gasteiger partial charge in [0.1, 0.15) is 0 Å². The fraction of sp³-hybridized carbons (Fsp3) is 0.286. The Morgan fingerprint density at radius 1 is 1.30 bits per heavy atom. The molecule has 3 rings (SSSR count). The summed E-state index contributed by atoms with van der Waals surface area (Å²) in [6, 6.07) is 5.62. The highest BCUT2D eigenvalue weighted by atomic mass is 35.5. The van der Waals surface area contributed by atoms with Gasteiger partial charge in [0.2, 0.25) is 5.95 Å². The van der Waals surface area contributed by atoms with E-state index >= 15 is 0 Å². The van der Waals surface area contributed by atoms with E-state index in [0.717, 1.165) is 22.4 Å². The molecule has 0 saturated carbocycles. The van der Waals surface area contributed by atoms with Gasteiger partial charge in [0.15, 0.2) is 0 Å². The fourth-order valence-corrected chi connectivity index (χ4v) is 2.66. The molecule has 20 heavy (non-hydrogen) atoms. The second kappa shape index (κ2) is 4.52. The Kier molecular flexibility index (Phi) is 2.94. The molecule has 0 fully saturated rings. The second-order valence-corrected chi connectivity index (χ2v) is 5.40. The molecule has 2 N–H and O–H groups in total. The molecule has 0 aliphatic carbocycles. The number of aryl methyl sites for hydroxylation is 2. The Morgan fingerprint density at radius 2 is 2.05 bits per heavy atom. The summed E-state index contributed by atoms with van der Waals surface area (Å²) >= 11 is 5.99. The van der Waals surface area contributed by atoms with Crippen LogP contribution in [-0.2, 0) is 13.6 Å². The number of hydrogen-bond acceptors (Lipinski definition) is 3. The van der Waals surface area contributed by atoms with E-state index in [1.165, 1.54) is 5.56 Å². The molecule has 1 aromatic carbocycles. The molecule has 0 unspecified atom stereocenters. The van der Waals surface area contributed by atoms with Gasteiger partial charge >= 0.3 is 0 Å². The number of hydrogen-bond donors (Lipinski definition) is 1. The Labute approximate surface area is 122 Å². The van der Waals surface area contributed by atoms with Crippen molar-refractivity contribution in [1.82, 2.24) is 19.3 Å². The summed E-state index contributed by atoms with van der Waals surface area (Å²) in [5, 5.41) is 5.10. The van der Waals surface area contributed by atoms with Gasteiger partial charge in [0.25, 0.3) is 0 Å². The molecule has 0 aliphatic heterocycles. The van der Waals surface area contributed by atoms with Crippen molar-refractivity contribution in [1.29, 1.82) is 0 Å². The Bertz CT molecular complexity index is 800. The number of aromatic nitrogens is 4. The van der Waals surface area contributed by atoms with Crippen LogP contribution < -0.4 is 5.73 Å². The average Bonchev–Trinajstić information content (AvgIpc) is 2.81. The van der Waals surface area contributed by atoms with Crippen molar-refractivity contribution >= 4 is 28.6 Å². The lowest BCUT2D eigenvalue weighted by atomic mass is 10.2. The standard InChI is InChI=1S/C14H16ClN5/c1-8-11(9(2)19(3)18-8)7-20-13-5-4-10(15)6-12(13)17-14(20)16/h4-6H,7H2,1-3H3,(H2,16,17). The summed E-state index contributed by atoms with van der Waals surface area (Å²) in [6.45, 7) is 4.73. The first kappa shape index (κ1) is 13.0. The molecule has 6 heteroatoms. The molecule has 5 nitrogen and oxygen atoms in total. The number of halogens is 1. The smallest absolute Gasteiger partial charge is 0.201 e. The predicted molar refractivity (Wildman–Crippen MR) is 80.9 cm³/mol. The summed E-state index contributed by atoms with van der Waals surface area (Å²) < 4.78 is 3.87. The maximum atomic E-state index is 6.04. The van der Waals surface area contributed by atoms with Gasteiger partial charge in [-0.1, -0.05) is 11.6 Å². The normalized spacial score (nSPS) is 11.4. The summed E-state index contributed by atoms with van der Waals surface area (Å²) in [5.74, 6) is 0.491. The van der Waals surface area contributed by atoms with Gasteiger partial charge in [-0.05, 0) is 32.0 Å². The zero-order valence-corrected chi connectivity index (χ0v) is 12.4. The quantitative estimate of drug-likeness (QED) is 0.789. The topological polar surface area (TPSA) is 61.7 Å². The lowest BCUT2D eigenvalue weighted by Gasteiger charge is -2.07. The van der Waals surface area contributed by atoms with Crippen molar-refractivity contribution in [3.63, 3.8) is 0 Å². The molecule has 0 aliphatic rings. The number of nitrogens with zero attached hydrogens (tertiary/aromatic N) is 4. The van der Waals surface area contributed by atoms with Crippen LogP contribution in [0.15, 0.2) is 18.2 Å². The molecule has 0 atom stereocenters. The van der Waals surface area contributed by atoms with Gasteiger partial charge in [0, 0.05) is 23.3 Å². The zero-order chi connectivity index (χ0) is 14.4. The van der Waals surface area contributed by atoms with Gasteiger partial charge in [-0.2, -0.15) is 5.10 Å². The summed E-state index contributed by atoms with van der Waals surface area (Å²) in [7, 11) is 1.95. The second-order valence-electron chi connectivity index (χ2n) is 4.96. The number of rotatable bonds is 2. The number of nitrogen functional groups attached to an aromatic ring is 1. The van der Waals surface area contributed by atoms with Gasteiger partial charge in [0.05, 0.1) is 23.3 Å². The minimum absolute atomic E-state index is 0.491. The zero-order valence-electron chi connectivity index (χ0n) is 11.7. The highest BCUT2D eigenvalue weighted by Crippen LogP contribution is 2.24. The van der Waals surface area contributed by atoms with Crippen molar-refractivity contribution in [3.8, 4) is 0 Å². The minimum atomic E-state index is 0.491. The fourth-order valence-electron chi connectivity index (χ4n) is 2.49. The molecule has 2 aromatic heterocycles. The first-order chi connectivity index (χ1) is 9.47. The van der Waals surface area contributed by atoms with Crippen LogP contribution in [0.3, 0.4) is 0 Å². The number of imidazole rings is 1. The predicted octanol–water partition coefficient (Wildman–Crippen LogP) is 2.67. The third kappa shape index (κ3) is 1.94. The first-order valence-corrected chi connectivity index (χ1v) is 6.75. The van der Waals surface area contributed by atoms with Crippen LogP contribution >= 0.6 is 11.6 Å². The molecule has 0 radical (unpaired) electrons. The van der Waals surface area contributed by atoms with E-state index in [1.54, 1.807) is 0 Å². The van der Waals surface area contributed by atoms with Gasteiger partial charge in [-0.25, -0.2) is 4.98 Å². The molecule has 0 spiro atoms. The van der Waals surface area contributed by atoms with Crippen LogP contribution in [0.4, 0.5) is 5.95 Å². The van der Waals surface area contributed by atoms with Crippen LogP contribution in [0, 0.1) is 13.8 Å². The minimum Gasteiger partial charge on any atom is -0.369 e. The molecule has 104 valence electrons. The molecule has 2 heterocycles. The van der Waals surface area contributed by atoms with Crippen LogP contribution in [0.5, 0.6) is 0 Å².